The molecule has 3 N–H and O–H groups in total. The Kier molecular flexibility index (Phi) is 12.8. The van der Waals surface area contributed by atoms with Crippen molar-refractivity contribution < 1.29 is 42.8 Å². The number of aliphatic hydroxyl groups is 1. The van der Waals surface area contributed by atoms with Crippen molar-refractivity contribution in [3.05, 3.63) is 43.0 Å². The fourth-order valence-corrected chi connectivity index (χ4v) is 4.98. The van der Waals surface area contributed by atoms with E-state index in [0.29, 0.717) is 13.0 Å². The molecule has 0 aliphatic carbocycles. The minimum atomic E-state index is -5.27. The number of hydrogen-bond acceptors (Lipinski definition) is 12. The van der Waals surface area contributed by atoms with E-state index in [0.717, 1.165) is 23.8 Å². The highest BCUT2D eigenvalue weighted by atomic mass is 31.2. The molecule has 1 aliphatic heterocycles. The van der Waals surface area contributed by atoms with Gasteiger partial charge in [0.2, 0.25) is 6.29 Å². The summed E-state index contributed by atoms with van der Waals surface area (Å²) in [6.45, 7) is 7.26. The number of azide groups is 1. The quantitative estimate of drug-likeness (QED) is 0.0477. The van der Waals surface area contributed by atoms with Crippen LogP contribution >= 0.6 is 7.82 Å². The number of aryl methyl sites for hydroxylation is 1. The number of hydroxylamine groups is 2. The van der Waals surface area contributed by atoms with Crippen molar-refractivity contribution >= 4 is 13.8 Å². The van der Waals surface area contributed by atoms with Gasteiger partial charge >= 0.3 is 19.5 Å². The number of nitrogens with zero attached hydrogens (tertiary/aromatic N) is 5. The maximum atomic E-state index is 13.0. The zero-order valence-electron chi connectivity index (χ0n) is 23.0. The molecular weight excluding hydrogens is 555 g/mol. The molecule has 0 radical (unpaired) electrons. The number of aromatic amines is 1. The Labute approximate surface area is 230 Å². The van der Waals surface area contributed by atoms with E-state index in [1.54, 1.807) is 13.8 Å². The van der Waals surface area contributed by atoms with Gasteiger partial charge in [-0.2, -0.15) is 5.06 Å². The van der Waals surface area contributed by atoms with Crippen molar-refractivity contribution in [2.24, 2.45) is 11.2 Å². The number of carbonyl (C=O) groups is 1. The molecule has 40 heavy (non-hydrogen) atoms. The van der Waals surface area contributed by atoms with Gasteiger partial charge in [-0.1, -0.05) is 40.0 Å². The molecule has 0 amide bonds. The van der Waals surface area contributed by atoms with Crippen molar-refractivity contribution in [2.75, 3.05) is 13.7 Å². The molecule has 1 aromatic heterocycles. The van der Waals surface area contributed by atoms with E-state index in [-0.39, 0.29) is 12.0 Å². The Balaban J connectivity index is 2.20. The molecule has 17 nitrogen and oxygen atoms in total. The number of nitrogens with one attached hydrogen (secondary N) is 1. The van der Waals surface area contributed by atoms with Gasteiger partial charge in [-0.3, -0.25) is 19.2 Å². The van der Waals surface area contributed by atoms with Gasteiger partial charge in [-0.15, -0.1) is 0 Å². The number of ether oxygens (including phenoxy) is 1. The van der Waals surface area contributed by atoms with Crippen molar-refractivity contribution in [1.29, 1.82) is 0 Å². The van der Waals surface area contributed by atoms with E-state index in [1.807, 2.05) is 0 Å². The summed E-state index contributed by atoms with van der Waals surface area (Å²) < 4.78 is 29.3. The smallest absolute Gasteiger partial charge is 0.399 e. The largest absolute Gasteiger partial charge is 0.532 e. The van der Waals surface area contributed by atoms with Crippen LogP contribution in [0.2, 0.25) is 0 Å². The minimum Gasteiger partial charge on any atom is -0.399 e. The Morgan fingerprint density at radius 2 is 2.08 bits per heavy atom. The van der Waals surface area contributed by atoms with Gasteiger partial charge in [0, 0.05) is 29.6 Å². The number of aliphatic hydroxyl groups excluding tert-OH is 1. The maximum Gasteiger partial charge on any atom is 0.532 e. The van der Waals surface area contributed by atoms with Gasteiger partial charge in [0.25, 0.3) is 5.56 Å². The Morgan fingerprint density at radius 1 is 1.38 bits per heavy atom. The number of hydrogen-bond donors (Lipinski definition) is 3. The van der Waals surface area contributed by atoms with Gasteiger partial charge in [0.05, 0.1) is 13.2 Å². The third-order valence-corrected chi connectivity index (χ3v) is 7.03. The van der Waals surface area contributed by atoms with Crippen LogP contribution in [0.1, 0.15) is 64.7 Å². The Bertz CT molecular complexity index is 1200. The zero-order chi connectivity index (χ0) is 30.0. The van der Waals surface area contributed by atoms with Crippen LogP contribution in [0.4, 0.5) is 0 Å². The topological polar surface area (TPSA) is 228 Å². The van der Waals surface area contributed by atoms with Crippen LogP contribution in [0, 0.1) is 12.8 Å². The van der Waals surface area contributed by atoms with E-state index in [9.17, 15) is 28.9 Å². The molecule has 1 aliphatic rings. The highest BCUT2D eigenvalue weighted by molar-refractivity contribution is 7.48. The minimum absolute atomic E-state index is 0.182. The van der Waals surface area contributed by atoms with E-state index in [1.165, 1.54) is 25.3 Å². The van der Waals surface area contributed by atoms with E-state index >= 15 is 0 Å². The first-order chi connectivity index (χ1) is 18.8. The number of rotatable bonds is 16. The molecule has 2 unspecified atom stereocenters. The van der Waals surface area contributed by atoms with Gasteiger partial charge in [0.15, 0.2) is 0 Å². The first-order valence-corrected chi connectivity index (χ1v) is 14.3. The second-order valence-electron chi connectivity index (χ2n) is 9.54. The molecule has 18 heteroatoms. The molecule has 1 aromatic rings. The predicted octanol–water partition coefficient (Wildman–Crippen LogP) is 2.19. The SMILES string of the molecule is CCCCCCN(OC)[C@H](C(=O)OP(=O)(O)OC(ON=[N+]=[N-])[C@H]1O[C@@H](n2cc(C)c(=O)[nH]c2=O)C[C@@H]1O)C(C)C. The molecule has 2 heterocycles. The van der Waals surface area contributed by atoms with Crippen LogP contribution in [0.3, 0.4) is 0 Å². The number of aromatic nitrogens is 2. The molecule has 6 atom stereocenters. The second kappa shape index (κ2) is 15.3. The van der Waals surface area contributed by atoms with Gasteiger partial charge < -0.3 is 24.0 Å². The average molecular weight is 593 g/mol. The lowest BCUT2D eigenvalue weighted by molar-refractivity contribution is -0.199. The van der Waals surface area contributed by atoms with Gasteiger partial charge in [0.1, 0.15) is 23.7 Å². The summed E-state index contributed by atoms with van der Waals surface area (Å²) in [7, 11) is -3.90. The van der Waals surface area contributed by atoms with Crippen LogP contribution in [-0.2, 0) is 32.8 Å². The number of phosphoric ester groups is 1. The summed E-state index contributed by atoms with van der Waals surface area (Å²) in [5.41, 5.74) is 7.41. The Hall–Kier alpha value is -2.75. The lowest BCUT2D eigenvalue weighted by Crippen LogP contribution is -2.45. The summed E-state index contributed by atoms with van der Waals surface area (Å²) >= 11 is 0. The lowest BCUT2D eigenvalue weighted by Gasteiger charge is -2.31. The first-order valence-electron chi connectivity index (χ1n) is 12.8. The Morgan fingerprint density at radius 3 is 2.67 bits per heavy atom. The van der Waals surface area contributed by atoms with Crippen LogP contribution in [0.15, 0.2) is 21.1 Å². The number of unbranched alkanes of at least 4 members (excludes halogenated alkanes) is 3. The monoisotopic (exact) mass is 592 g/mol. The predicted molar refractivity (Wildman–Crippen MR) is 138 cm³/mol. The fraction of sp³-hybridized carbons (Fsp3) is 0.773. The summed E-state index contributed by atoms with van der Waals surface area (Å²) in [4.78, 5) is 61.9. The molecule has 1 saturated heterocycles. The molecule has 226 valence electrons. The maximum absolute atomic E-state index is 13.0. The molecule has 0 spiro atoms. The van der Waals surface area contributed by atoms with Crippen molar-refractivity contribution in [3.63, 3.8) is 0 Å². The van der Waals surface area contributed by atoms with Crippen molar-refractivity contribution in [3.8, 4) is 0 Å². The number of carbonyl (C=O) groups excluding carboxylic acids is 1. The summed E-state index contributed by atoms with van der Waals surface area (Å²) in [6.07, 6.45) is -1.66. The van der Waals surface area contributed by atoms with Crippen LogP contribution in [-0.4, -0.2) is 68.8 Å². The third-order valence-electron chi connectivity index (χ3n) is 6.14. The van der Waals surface area contributed by atoms with Crippen LogP contribution < -0.4 is 11.2 Å². The zero-order valence-corrected chi connectivity index (χ0v) is 23.9. The normalized spacial score (nSPS) is 22.0. The van der Waals surface area contributed by atoms with Crippen molar-refractivity contribution in [1.82, 2.24) is 14.6 Å². The van der Waals surface area contributed by atoms with Crippen LogP contribution in [0.25, 0.3) is 10.4 Å². The highest BCUT2D eigenvalue weighted by Crippen LogP contribution is 2.47. The molecule has 0 saturated carbocycles. The molecule has 2 rings (SSSR count). The fourth-order valence-electron chi connectivity index (χ4n) is 4.18. The van der Waals surface area contributed by atoms with Crippen molar-refractivity contribution in [2.45, 2.75) is 90.6 Å². The summed E-state index contributed by atoms with van der Waals surface area (Å²) in [5.74, 6) is -1.52. The second-order valence-corrected chi connectivity index (χ2v) is 10.9. The molecule has 1 fully saturated rings. The van der Waals surface area contributed by atoms with E-state index in [4.69, 9.17) is 29.0 Å². The molecular formula is C22H37N6O11P. The highest BCUT2D eigenvalue weighted by Gasteiger charge is 2.47. The number of phosphoric acid groups is 1. The average Bonchev–Trinajstić information content (AvgIpc) is 3.26. The van der Waals surface area contributed by atoms with Gasteiger partial charge in [-0.25, -0.2) is 18.7 Å². The lowest BCUT2D eigenvalue weighted by atomic mass is 10.0. The number of H-pyrrole nitrogens is 1. The van der Waals surface area contributed by atoms with Gasteiger partial charge in [-0.05, 0) is 24.8 Å². The third kappa shape index (κ3) is 9.14. The van der Waals surface area contributed by atoms with E-state index < -0.39 is 61.7 Å². The molecule has 0 aromatic carbocycles. The first kappa shape index (κ1) is 33.5. The summed E-state index contributed by atoms with van der Waals surface area (Å²) in [6, 6.07) is -1.07. The standard InChI is InChI=1S/C22H37N6O11P/c1-6-7-8-9-10-28(35-5)17(13(2)3)20(31)38-40(33,34)39-21(37-26-25-23)18-15(29)11-16(36-18)27-12-14(4)19(30)24-22(27)32/h12-13,15-18,21,29H,6-11H2,1-5H3,(H,33,34)(H,24,30,32)/t15-,16+,17-,18-,21?/m0/s1. The summed E-state index contributed by atoms with van der Waals surface area (Å²) in [5, 5.41) is 14.8. The molecule has 0 bridgehead atoms. The van der Waals surface area contributed by atoms with E-state index in [2.05, 4.69) is 22.1 Å². The van der Waals surface area contributed by atoms with Crippen LogP contribution in [0.5, 0.6) is 0 Å².